The van der Waals surface area contributed by atoms with Gasteiger partial charge in [-0.1, -0.05) is 23.7 Å². The van der Waals surface area contributed by atoms with Gasteiger partial charge in [0.25, 0.3) is 0 Å². The molecule has 0 unspecified atom stereocenters. The molecule has 15 heavy (non-hydrogen) atoms. The molecule has 1 heterocycles. The molecule has 0 aliphatic carbocycles. The van der Waals surface area contributed by atoms with E-state index >= 15 is 0 Å². The number of aromatic carboxylic acids is 1. The van der Waals surface area contributed by atoms with Crippen LogP contribution < -0.4 is 0 Å². The summed E-state index contributed by atoms with van der Waals surface area (Å²) in [7, 11) is 0. The number of pyridine rings is 1. The van der Waals surface area contributed by atoms with Crippen molar-refractivity contribution in [2.75, 3.05) is 0 Å². The van der Waals surface area contributed by atoms with Gasteiger partial charge in [-0.2, -0.15) is 0 Å². The number of fused-ring (bicyclic) bond motifs is 1. The number of carboxylic acids is 1. The van der Waals surface area contributed by atoms with Gasteiger partial charge in [-0.25, -0.2) is 4.79 Å². The minimum Gasteiger partial charge on any atom is -0.478 e. The van der Waals surface area contributed by atoms with E-state index < -0.39 is 5.97 Å². The number of para-hydroxylation sites is 1. The Morgan fingerprint density at radius 2 is 2.20 bits per heavy atom. The average Bonchev–Trinajstić information content (AvgIpc) is 2.19. The van der Waals surface area contributed by atoms with Crippen LogP contribution >= 0.6 is 27.5 Å². The molecule has 2 aromatic rings. The maximum absolute atomic E-state index is 10.8. The second-order valence-corrected chi connectivity index (χ2v) is 4.13. The Hall–Kier alpha value is -1.13. The molecule has 1 aromatic carbocycles. The van der Waals surface area contributed by atoms with Gasteiger partial charge in [0.2, 0.25) is 0 Å². The van der Waals surface area contributed by atoms with E-state index in [1.54, 1.807) is 18.2 Å². The topological polar surface area (TPSA) is 50.2 Å². The zero-order valence-electron chi connectivity index (χ0n) is 7.37. The Bertz CT molecular complexity index is 556. The smallest absolute Gasteiger partial charge is 0.338 e. The van der Waals surface area contributed by atoms with Crippen molar-refractivity contribution in [1.29, 1.82) is 0 Å². The predicted molar refractivity (Wildman–Crippen MR) is 61.4 cm³/mol. The third kappa shape index (κ3) is 1.70. The summed E-state index contributed by atoms with van der Waals surface area (Å²) in [6, 6.07) is 5.23. The number of hydrogen-bond acceptors (Lipinski definition) is 2. The zero-order chi connectivity index (χ0) is 11.0. The van der Waals surface area contributed by atoms with E-state index in [9.17, 15) is 4.79 Å². The number of nitrogens with zero attached hydrogens (tertiary/aromatic N) is 1. The molecule has 2 rings (SSSR count). The first-order chi connectivity index (χ1) is 7.11. The monoisotopic (exact) mass is 285 g/mol. The summed E-state index contributed by atoms with van der Waals surface area (Å²) in [5.41, 5.74) is 0.723. The largest absolute Gasteiger partial charge is 0.478 e. The summed E-state index contributed by atoms with van der Waals surface area (Å²) < 4.78 is 0.502. The fourth-order valence-electron chi connectivity index (χ4n) is 1.30. The Morgan fingerprint density at radius 1 is 1.47 bits per heavy atom. The van der Waals surface area contributed by atoms with Crippen molar-refractivity contribution >= 4 is 44.4 Å². The first kappa shape index (κ1) is 10.4. The van der Waals surface area contributed by atoms with E-state index in [4.69, 9.17) is 16.7 Å². The van der Waals surface area contributed by atoms with Gasteiger partial charge < -0.3 is 5.11 Å². The molecule has 0 fully saturated rings. The van der Waals surface area contributed by atoms with Crippen molar-refractivity contribution in [3.05, 3.63) is 39.5 Å². The molecule has 0 atom stereocenters. The number of rotatable bonds is 1. The van der Waals surface area contributed by atoms with E-state index in [2.05, 4.69) is 20.9 Å². The van der Waals surface area contributed by atoms with Crippen LogP contribution in [0.1, 0.15) is 10.4 Å². The Labute approximate surface area is 98.8 Å². The van der Waals surface area contributed by atoms with Crippen molar-refractivity contribution in [1.82, 2.24) is 4.98 Å². The number of halogens is 2. The first-order valence-electron chi connectivity index (χ1n) is 4.07. The number of carbonyl (C=O) groups is 1. The van der Waals surface area contributed by atoms with E-state index in [-0.39, 0.29) is 5.56 Å². The van der Waals surface area contributed by atoms with Crippen molar-refractivity contribution in [2.45, 2.75) is 0 Å². The van der Waals surface area contributed by atoms with Crippen LogP contribution in [0.15, 0.2) is 28.9 Å². The quantitative estimate of drug-likeness (QED) is 0.874. The number of carboxylic acid groups (broad SMARTS) is 1. The van der Waals surface area contributed by atoms with Crippen LogP contribution in [0.3, 0.4) is 0 Å². The summed E-state index contributed by atoms with van der Waals surface area (Å²) in [5, 5.41) is 10.1. The van der Waals surface area contributed by atoms with Gasteiger partial charge in [0.1, 0.15) is 0 Å². The molecular formula is C10H5BrClNO2. The molecule has 0 aliphatic heterocycles. The Morgan fingerprint density at radius 3 is 2.87 bits per heavy atom. The van der Waals surface area contributed by atoms with Crippen LogP contribution in [0.5, 0.6) is 0 Å². The van der Waals surface area contributed by atoms with Gasteiger partial charge in [-0.3, -0.25) is 4.98 Å². The second kappa shape index (κ2) is 3.79. The highest BCUT2D eigenvalue weighted by Gasteiger charge is 2.13. The molecule has 1 N–H and O–H groups in total. The molecule has 0 radical (unpaired) electrons. The standard InChI is InChI=1S/C10H5BrClNO2/c11-8-5-2-1-3-7(12)9(5)13-4-6(8)10(14)15/h1-4H,(H,14,15). The van der Waals surface area contributed by atoms with Crippen LogP contribution in [0.2, 0.25) is 5.02 Å². The third-order valence-electron chi connectivity index (χ3n) is 2.01. The third-order valence-corrected chi connectivity index (χ3v) is 3.17. The van der Waals surface area contributed by atoms with E-state index in [1.807, 2.05) is 0 Å². The second-order valence-electron chi connectivity index (χ2n) is 2.93. The molecule has 5 heteroatoms. The average molecular weight is 287 g/mol. The molecule has 3 nitrogen and oxygen atoms in total. The van der Waals surface area contributed by atoms with Crippen LogP contribution in [0.25, 0.3) is 10.9 Å². The molecule has 0 saturated carbocycles. The lowest BCUT2D eigenvalue weighted by molar-refractivity contribution is 0.0695. The Balaban J connectivity index is 2.86. The van der Waals surface area contributed by atoms with Gasteiger partial charge >= 0.3 is 5.97 Å². The maximum atomic E-state index is 10.8. The summed E-state index contributed by atoms with van der Waals surface area (Å²) in [5.74, 6) is -1.02. The maximum Gasteiger partial charge on any atom is 0.338 e. The lowest BCUT2D eigenvalue weighted by atomic mass is 10.1. The van der Waals surface area contributed by atoms with Gasteiger partial charge in [0.05, 0.1) is 16.1 Å². The van der Waals surface area contributed by atoms with E-state index in [0.717, 1.165) is 0 Å². The summed E-state index contributed by atoms with van der Waals surface area (Å²) >= 11 is 9.17. The van der Waals surface area contributed by atoms with Crippen molar-refractivity contribution in [3.63, 3.8) is 0 Å². The molecule has 0 saturated heterocycles. The number of benzene rings is 1. The molecule has 0 bridgehead atoms. The summed E-state index contributed by atoms with van der Waals surface area (Å²) in [4.78, 5) is 14.9. The van der Waals surface area contributed by atoms with Crippen molar-refractivity contribution < 1.29 is 9.90 Å². The highest BCUT2D eigenvalue weighted by molar-refractivity contribution is 9.10. The van der Waals surface area contributed by atoms with Crippen molar-refractivity contribution in [3.8, 4) is 0 Å². The minimum atomic E-state index is -1.02. The highest BCUT2D eigenvalue weighted by Crippen LogP contribution is 2.29. The van der Waals surface area contributed by atoms with Crippen LogP contribution in [-0.4, -0.2) is 16.1 Å². The molecule has 0 spiro atoms. The zero-order valence-corrected chi connectivity index (χ0v) is 9.71. The molecule has 0 aliphatic rings. The van der Waals surface area contributed by atoms with E-state index in [1.165, 1.54) is 6.20 Å². The van der Waals surface area contributed by atoms with Gasteiger partial charge in [-0.05, 0) is 22.0 Å². The lowest BCUT2D eigenvalue weighted by Gasteiger charge is -2.04. The predicted octanol–water partition coefficient (Wildman–Crippen LogP) is 3.35. The Kier molecular flexibility index (Phi) is 2.63. The van der Waals surface area contributed by atoms with Gasteiger partial charge in [-0.15, -0.1) is 0 Å². The molecule has 1 aromatic heterocycles. The molecule has 76 valence electrons. The minimum absolute atomic E-state index is 0.129. The fraction of sp³-hybridized carbons (Fsp3) is 0. The van der Waals surface area contributed by atoms with Gasteiger partial charge in [0, 0.05) is 16.1 Å². The number of hydrogen-bond donors (Lipinski definition) is 1. The fourth-order valence-corrected chi connectivity index (χ4v) is 2.12. The van der Waals surface area contributed by atoms with Crippen LogP contribution in [0, 0.1) is 0 Å². The normalized spacial score (nSPS) is 10.5. The summed E-state index contributed by atoms with van der Waals surface area (Å²) in [6.45, 7) is 0. The lowest BCUT2D eigenvalue weighted by Crippen LogP contribution is -1.99. The number of aromatic nitrogens is 1. The molecule has 0 amide bonds. The first-order valence-corrected chi connectivity index (χ1v) is 5.24. The van der Waals surface area contributed by atoms with Gasteiger partial charge in [0.15, 0.2) is 0 Å². The summed E-state index contributed by atoms with van der Waals surface area (Å²) in [6.07, 6.45) is 1.29. The highest BCUT2D eigenvalue weighted by atomic mass is 79.9. The van der Waals surface area contributed by atoms with Crippen LogP contribution in [-0.2, 0) is 0 Å². The molecular weight excluding hydrogens is 281 g/mol. The van der Waals surface area contributed by atoms with Crippen molar-refractivity contribution in [2.24, 2.45) is 0 Å². The van der Waals surface area contributed by atoms with Crippen LogP contribution in [0.4, 0.5) is 0 Å². The SMILES string of the molecule is O=C(O)c1cnc2c(Cl)cccc2c1Br. The van der Waals surface area contributed by atoms with E-state index in [0.29, 0.717) is 20.4 Å².